The second-order valence-corrected chi connectivity index (χ2v) is 3.24. The molecule has 3 heteroatoms. The van der Waals surface area contributed by atoms with Crippen LogP contribution in [0.15, 0.2) is 12.2 Å². The number of methoxy groups -OCH3 is 2. The van der Waals surface area contributed by atoms with Crippen molar-refractivity contribution in [2.24, 2.45) is 0 Å². The van der Waals surface area contributed by atoms with Gasteiger partial charge < -0.3 is 9.47 Å². The topological polar surface area (TPSA) is 18.5 Å². The molecular weight excluding hydrogens is 183 g/mol. The average Bonchev–Trinajstić information content (AvgIpc) is 2.20. The van der Waals surface area contributed by atoms with Crippen molar-refractivity contribution < 1.29 is 13.9 Å². The molecule has 0 N–H and O–H groups in total. The number of hydrogen-bond acceptors (Lipinski definition) is 2. The molecule has 0 amide bonds. The summed E-state index contributed by atoms with van der Waals surface area (Å²) in [6, 6.07) is 0. The Morgan fingerprint density at radius 3 is 2.29 bits per heavy atom. The maximum atomic E-state index is 13.2. The van der Waals surface area contributed by atoms with Crippen molar-refractivity contribution in [1.82, 2.24) is 0 Å². The number of unbranched alkanes of at least 4 members (excludes halogenated alkanes) is 2. The fourth-order valence-electron chi connectivity index (χ4n) is 1.15. The SMILES string of the molecule is CCCCCC(F)/C=C/C(OC)OC. The zero-order chi connectivity index (χ0) is 10.8. The minimum absolute atomic E-state index is 0.431. The van der Waals surface area contributed by atoms with Crippen LogP contribution in [0.25, 0.3) is 0 Å². The van der Waals surface area contributed by atoms with E-state index in [2.05, 4.69) is 6.92 Å². The molecule has 1 atom stereocenters. The highest BCUT2D eigenvalue weighted by atomic mass is 19.1. The predicted octanol–water partition coefficient (Wildman–Crippen LogP) is 3.08. The molecule has 0 rings (SSSR count). The molecule has 1 unspecified atom stereocenters. The van der Waals surface area contributed by atoms with Gasteiger partial charge in [-0.15, -0.1) is 0 Å². The summed E-state index contributed by atoms with van der Waals surface area (Å²) in [5.41, 5.74) is 0. The number of hydrogen-bond donors (Lipinski definition) is 0. The van der Waals surface area contributed by atoms with E-state index in [-0.39, 0.29) is 0 Å². The minimum atomic E-state index is -0.880. The number of alkyl halides is 1. The van der Waals surface area contributed by atoms with Crippen molar-refractivity contribution in [2.75, 3.05) is 14.2 Å². The zero-order valence-corrected chi connectivity index (χ0v) is 9.33. The van der Waals surface area contributed by atoms with Gasteiger partial charge in [0.2, 0.25) is 0 Å². The van der Waals surface area contributed by atoms with Gasteiger partial charge in [0.05, 0.1) is 0 Å². The molecule has 84 valence electrons. The smallest absolute Gasteiger partial charge is 0.176 e. The van der Waals surface area contributed by atoms with E-state index in [0.29, 0.717) is 6.42 Å². The average molecular weight is 204 g/mol. The molecule has 0 heterocycles. The first kappa shape index (κ1) is 13.6. The fourth-order valence-corrected chi connectivity index (χ4v) is 1.15. The molecule has 0 aromatic rings. The molecular formula is C11H21FO2. The molecule has 0 fully saturated rings. The molecule has 0 aromatic carbocycles. The lowest BCUT2D eigenvalue weighted by atomic mass is 10.1. The first-order valence-electron chi connectivity index (χ1n) is 5.12. The third-order valence-electron chi connectivity index (χ3n) is 2.03. The molecule has 0 bridgehead atoms. The van der Waals surface area contributed by atoms with Gasteiger partial charge in [0, 0.05) is 14.2 Å². The lowest BCUT2D eigenvalue weighted by Gasteiger charge is -2.08. The van der Waals surface area contributed by atoms with Crippen LogP contribution < -0.4 is 0 Å². The lowest BCUT2D eigenvalue weighted by molar-refractivity contribution is -0.0669. The van der Waals surface area contributed by atoms with Gasteiger partial charge in [0.1, 0.15) is 6.17 Å². The maximum Gasteiger partial charge on any atom is 0.176 e. The van der Waals surface area contributed by atoms with Gasteiger partial charge in [-0.2, -0.15) is 0 Å². The van der Waals surface area contributed by atoms with E-state index in [9.17, 15) is 4.39 Å². The Balaban J connectivity index is 3.62. The Morgan fingerprint density at radius 2 is 1.79 bits per heavy atom. The molecule has 0 aliphatic heterocycles. The maximum absolute atomic E-state index is 13.2. The Morgan fingerprint density at radius 1 is 1.14 bits per heavy atom. The van der Waals surface area contributed by atoms with Crippen LogP contribution in [0.5, 0.6) is 0 Å². The Kier molecular flexibility index (Phi) is 8.89. The Bertz CT molecular complexity index is 144. The lowest BCUT2D eigenvalue weighted by Crippen LogP contribution is -2.09. The molecule has 0 radical (unpaired) electrons. The third-order valence-corrected chi connectivity index (χ3v) is 2.03. The van der Waals surface area contributed by atoms with Crippen LogP contribution in [-0.4, -0.2) is 26.7 Å². The molecule has 14 heavy (non-hydrogen) atoms. The van der Waals surface area contributed by atoms with E-state index >= 15 is 0 Å². The van der Waals surface area contributed by atoms with Gasteiger partial charge in [-0.3, -0.25) is 0 Å². The summed E-state index contributed by atoms with van der Waals surface area (Å²) in [5.74, 6) is 0. The molecule has 2 nitrogen and oxygen atoms in total. The highest BCUT2D eigenvalue weighted by Crippen LogP contribution is 2.08. The van der Waals surface area contributed by atoms with Crippen LogP contribution in [0.4, 0.5) is 4.39 Å². The number of ether oxygens (including phenoxy) is 2. The van der Waals surface area contributed by atoms with Gasteiger partial charge >= 0.3 is 0 Å². The van der Waals surface area contributed by atoms with Crippen molar-refractivity contribution >= 4 is 0 Å². The summed E-state index contributed by atoms with van der Waals surface area (Å²) in [6.07, 6.45) is 5.54. The number of allylic oxidation sites excluding steroid dienone is 1. The summed E-state index contributed by atoms with van der Waals surface area (Å²) in [7, 11) is 3.06. The van der Waals surface area contributed by atoms with Crippen LogP contribution in [0.2, 0.25) is 0 Å². The first-order valence-corrected chi connectivity index (χ1v) is 5.12. The normalized spacial score (nSPS) is 14.1. The van der Waals surface area contributed by atoms with E-state index < -0.39 is 12.5 Å². The van der Waals surface area contributed by atoms with Gasteiger partial charge in [0.25, 0.3) is 0 Å². The minimum Gasteiger partial charge on any atom is -0.352 e. The van der Waals surface area contributed by atoms with E-state index in [0.717, 1.165) is 19.3 Å². The summed E-state index contributed by atoms with van der Waals surface area (Å²) in [5, 5.41) is 0. The van der Waals surface area contributed by atoms with Gasteiger partial charge in [0.15, 0.2) is 6.29 Å². The van der Waals surface area contributed by atoms with Crippen molar-refractivity contribution in [3.63, 3.8) is 0 Å². The van der Waals surface area contributed by atoms with Crippen LogP contribution in [0.3, 0.4) is 0 Å². The molecule has 0 saturated heterocycles. The van der Waals surface area contributed by atoms with Crippen molar-refractivity contribution in [1.29, 1.82) is 0 Å². The molecule has 0 spiro atoms. The molecule has 0 aliphatic carbocycles. The van der Waals surface area contributed by atoms with Crippen LogP contribution >= 0.6 is 0 Å². The third kappa shape index (κ3) is 7.04. The van der Waals surface area contributed by atoms with Gasteiger partial charge in [-0.25, -0.2) is 4.39 Å². The van der Waals surface area contributed by atoms with E-state index in [1.54, 1.807) is 6.08 Å². The van der Waals surface area contributed by atoms with Crippen molar-refractivity contribution in [2.45, 2.75) is 45.1 Å². The quantitative estimate of drug-likeness (QED) is 0.343. The Labute approximate surface area is 86.1 Å². The van der Waals surface area contributed by atoms with Crippen LogP contribution in [0, 0.1) is 0 Å². The van der Waals surface area contributed by atoms with E-state index in [4.69, 9.17) is 9.47 Å². The zero-order valence-electron chi connectivity index (χ0n) is 9.33. The highest BCUT2D eigenvalue weighted by Gasteiger charge is 2.03. The Hall–Kier alpha value is -0.410. The van der Waals surface area contributed by atoms with Crippen LogP contribution in [-0.2, 0) is 9.47 Å². The molecule has 0 saturated carbocycles. The second-order valence-electron chi connectivity index (χ2n) is 3.24. The molecule has 0 aromatic heterocycles. The van der Waals surface area contributed by atoms with Crippen molar-refractivity contribution in [3.05, 3.63) is 12.2 Å². The predicted molar refractivity (Wildman–Crippen MR) is 56.0 cm³/mol. The fraction of sp³-hybridized carbons (Fsp3) is 0.818. The summed E-state index contributed by atoms with van der Waals surface area (Å²) >= 11 is 0. The van der Waals surface area contributed by atoms with Crippen LogP contribution in [0.1, 0.15) is 32.6 Å². The van der Waals surface area contributed by atoms with Crippen molar-refractivity contribution in [3.8, 4) is 0 Å². The summed E-state index contributed by atoms with van der Waals surface area (Å²) in [6.45, 7) is 2.11. The second kappa shape index (κ2) is 9.16. The van der Waals surface area contributed by atoms with Gasteiger partial charge in [-0.05, 0) is 18.6 Å². The largest absolute Gasteiger partial charge is 0.352 e. The first-order chi connectivity index (χ1) is 6.74. The highest BCUT2D eigenvalue weighted by molar-refractivity contribution is 4.91. The van der Waals surface area contributed by atoms with E-state index in [1.165, 1.54) is 20.3 Å². The molecule has 0 aliphatic rings. The summed E-state index contributed by atoms with van der Waals surface area (Å²) < 4.78 is 23.0. The number of rotatable bonds is 8. The van der Waals surface area contributed by atoms with E-state index in [1.807, 2.05) is 0 Å². The standard InChI is InChI=1S/C11H21FO2/c1-4-5-6-7-10(12)8-9-11(13-2)14-3/h8-11H,4-7H2,1-3H3/b9-8+. The summed E-state index contributed by atoms with van der Waals surface area (Å²) in [4.78, 5) is 0. The monoisotopic (exact) mass is 204 g/mol. The number of halogens is 1. The van der Waals surface area contributed by atoms with Gasteiger partial charge in [-0.1, -0.05) is 26.2 Å².